The molecule has 2 rings (SSSR count). The topological polar surface area (TPSA) is 25.8 Å². The van der Waals surface area contributed by atoms with E-state index >= 15 is 0 Å². The van der Waals surface area contributed by atoms with Crippen LogP contribution >= 0.6 is 34.8 Å². The quantitative estimate of drug-likeness (QED) is 0.721. The first-order valence-corrected chi connectivity index (χ1v) is 5.23. The molecular weight excluding hydrogens is 254 g/mol. The van der Waals surface area contributed by atoms with E-state index in [9.17, 15) is 0 Å². The molecule has 0 saturated heterocycles. The van der Waals surface area contributed by atoms with Gasteiger partial charge in [0.25, 0.3) is 0 Å². The minimum atomic E-state index is 0.371. The lowest BCUT2D eigenvalue weighted by atomic mass is 10.1. The van der Waals surface area contributed by atoms with Crippen molar-refractivity contribution >= 4 is 34.8 Å². The molecule has 1 aromatic heterocycles. The molecule has 0 bridgehead atoms. The maximum absolute atomic E-state index is 6.02. The van der Waals surface area contributed by atoms with Gasteiger partial charge in [-0.15, -0.1) is 0 Å². The van der Waals surface area contributed by atoms with Gasteiger partial charge in [-0.05, 0) is 18.2 Å². The van der Waals surface area contributed by atoms with Crippen LogP contribution in [-0.4, -0.2) is 9.97 Å². The monoisotopic (exact) mass is 258 g/mol. The highest BCUT2D eigenvalue weighted by molar-refractivity contribution is 6.35. The van der Waals surface area contributed by atoms with Crippen molar-refractivity contribution in [3.05, 3.63) is 45.8 Å². The average molecular weight is 260 g/mol. The Bertz CT molecular complexity index is 500. The van der Waals surface area contributed by atoms with Gasteiger partial charge in [-0.25, -0.2) is 9.97 Å². The lowest BCUT2D eigenvalue weighted by Gasteiger charge is -2.03. The van der Waals surface area contributed by atoms with Gasteiger partial charge in [0.2, 0.25) is 0 Å². The van der Waals surface area contributed by atoms with Gasteiger partial charge in [-0.3, -0.25) is 0 Å². The highest BCUT2D eigenvalue weighted by atomic mass is 35.5. The number of aromatic nitrogens is 2. The van der Waals surface area contributed by atoms with Gasteiger partial charge in [-0.2, -0.15) is 0 Å². The molecule has 0 atom stereocenters. The summed E-state index contributed by atoms with van der Waals surface area (Å²) in [5.74, 6) is 0. The van der Waals surface area contributed by atoms with E-state index in [1.807, 2.05) is 0 Å². The Morgan fingerprint density at radius 1 is 0.933 bits per heavy atom. The SMILES string of the molecule is Clc1ccc(Cl)c(-c2cc(Cl)ncn2)c1. The van der Waals surface area contributed by atoms with Gasteiger partial charge in [0.1, 0.15) is 11.5 Å². The lowest BCUT2D eigenvalue weighted by molar-refractivity contribution is 1.17. The standard InChI is InChI=1S/C10H5Cl3N2/c11-6-1-2-8(12)7(3-6)9-4-10(13)15-5-14-9/h1-5H. The van der Waals surface area contributed by atoms with Gasteiger partial charge in [0.15, 0.2) is 0 Å². The molecule has 1 heterocycles. The Balaban J connectivity index is 2.58. The summed E-state index contributed by atoms with van der Waals surface area (Å²) in [6, 6.07) is 6.81. The van der Waals surface area contributed by atoms with Crippen LogP contribution in [0.4, 0.5) is 0 Å². The number of hydrogen-bond acceptors (Lipinski definition) is 2. The smallest absolute Gasteiger partial charge is 0.133 e. The van der Waals surface area contributed by atoms with E-state index < -0.39 is 0 Å². The molecule has 1 aromatic carbocycles. The predicted molar refractivity (Wildman–Crippen MR) is 62.5 cm³/mol. The van der Waals surface area contributed by atoms with E-state index in [-0.39, 0.29) is 0 Å². The summed E-state index contributed by atoms with van der Waals surface area (Å²) in [5, 5.41) is 1.55. The third-order valence-corrected chi connectivity index (χ3v) is 2.61. The van der Waals surface area contributed by atoms with Gasteiger partial charge in [0.05, 0.1) is 10.7 Å². The van der Waals surface area contributed by atoms with E-state index in [2.05, 4.69) is 9.97 Å². The molecule has 0 amide bonds. The zero-order valence-electron chi connectivity index (χ0n) is 7.42. The molecule has 0 N–H and O–H groups in total. The Morgan fingerprint density at radius 3 is 2.47 bits per heavy atom. The van der Waals surface area contributed by atoms with Crippen LogP contribution in [0.5, 0.6) is 0 Å². The Kier molecular flexibility index (Phi) is 3.10. The predicted octanol–water partition coefficient (Wildman–Crippen LogP) is 4.10. The highest BCUT2D eigenvalue weighted by Gasteiger charge is 2.06. The molecule has 2 aromatic rings. The van der Waals surface area contributed by atoms with Gasteiger partial charge < -0.3 is 0 Å². The number of nitrogens with zero attached hydrogens (tertiary/aromatic N) is 2. The van der Waals surface area contributed by atoms with Crippen molar-refractivity contribution in [2.24, 2.45) is 0 Å². The number of benzene rings is 1. The molecule has 76 valence electrons. The normalized spacial score (nSPS) is 10.3. The number of halogens is 3. The largest absolute Gasteiger partial charge is 0.236 e. The Labute approximate surface area is 102 Å². The fourth-order valence-electron chi connectivity index (χ4n) is 1.17. The molecule has 0 aliphatic rings. The van der Waals surface area contributed by atoms with Crippen LogP contribution in [0.15, 0.2) is 30.6 Å². The van der Waals surface area contributed by atoms with Crippen LogP contribution in [0.25, 0.3) is 11.3 Å². The molecule has 0 spiro atoms. The first-order chi connectivity index (χ1) is 7.16. The van der Waals surface area contributed by atoms with Gasteiger partial charge in [0, 0.05) is 16.7 Å². The molecular formula is C10H5Cl3N2. The molecule has 5 heteroatoms. The van der Waals surface area contributed by atoms with Crippen molar-refractivity contribution in [2.45, 2.75) is 0 Å². The molecule has 0 fully saturated rings. The fourth-order valence-corrected chi connectivity index (χ4v) is 1.71. The van der Waals surface area contributed by atoms with Crippen LogP contribution in [-0.2, 0) is 0 Å². The molecule has 0 unspecified atom stereocenters. The lowest BCUT2D eigenvalue weighted by Crippen LogP contribution is -1.86. The zero-order chi connectivity index (χ0) is 10.8. The van der Waals surface area contributed by atoms with Crippen molar-refractivity contribution in [1.82, 2.24) is 9.97 Å². The summed E-state index contributed by atoms with van der Waals surface area (Å²) < 4.78 is 0. The summed E-state index contributed by atoms with van der Waals surface area (Å²) in [6.07, 6.45) is 1.38. The third kappa shape index (κ3) is 2.40. The molecule has 15 heavy (non-hydrogen) atoms. The summed E-state index contributed by atoms with van der Waals surface area (Å²) in [7, 11) is 0. The maximum Gasteiger partial charge on any atom is 0.133 e. The summed E-state index contributed by atoms with van der Waals surface area (Å²) in [6.45, 7) is 0. The van der Waals surface area contributed by atoms with Gasteiger partial charge >= 0.3 is 0 Å². The van der Waals surface area contributed by atoms with Crippen molar-refractivity contribution in [3.63, 3.8) is 0 Å². The molecule has 0 aliphatic carbocycles. The first kappa shape index (κ1) is 10.7. The van der Waals surface area contributed by atoms with Crippen LogP contribution < -0.4 is 0 Å². The highest BCUT2D eigenvalue weighted by Crippen LogP contribution is 2.29. The molecule has 0 aliphatic heterocycles. The van der Waals surface area contributed by atoms with Crippen LogP contribution in [0, 0.1) is 0 Å². The van der Waals surface area contributed by atoms with E-state index in [4.69, 9.17) is 34.8 Å². The Morgan fingerprint density at radius 2 is 1.73 bits per heavy atom. The fraction of sp³-hybridized carbons (Fsp3) is 0. The third-order valence-electron chi connectivity index (χ3n) is 1.84. The van der Waals surface area contributed by atoms with Crippen molar-refractivity contribution in [1.29, 1.82) is 0 Å². The second-order valence-corrected chi connectivity index (χ2v) is 4.08. The van der Waals surface area contributed by atoms with Crippen LogP contribution in [0.3, 0.4) is 0 Å². The molecule has 0 saturated carbocycles. The summed E-state index contributed by atoms with van der Waals surface area (Å²) in [4.78, 5) is 7.87. The second-order valence-electron chi connectivity index (χ2n) is 2.85. The zero-order valence-corrected chi connectivity index (χ0v) is 9.68. The minimum Gasteiger partial charge on any atom is -0.236 e. The second kappa shape index (κ2) is 4.35. The molecule has 2 nitrogen and oxygen atoms in total. The van der Waals surface area contributed by atoms with E-state index in [1.54, 1.807) is 24.3 Å². The van der Waals surface area contributed by atoms with Crippen LogP contribution in [0.1, 0.15) is 0 Å². The average Bonchev–Trinajstić information content (AvgIpc) is 2.22. The maximum atomic E-state index is 6.02. The molecule has 0 radical (unpaired) electrons. The Hall–Kier alpha value is -0.830. The van der Waals surface area contributed by atoms with Crippen molar-refractivity contribution in [2.75, 3.05) is 0 Å². The summed E-state index contributed by atoms with van der Waals surface area (Å²) >= 11 is 17.7. The first-order valence-electron chi connectivity index (χ1n) is 4.10. The summed E-state index contributed by atoms with van der Waals surface area (Å²) in [5.41, 5.74) is 1.40. The van der Waals surface area contributed by atoms with Gasteiger partial charge in [-0.1, -0.05) is 34.8 Å². The van der Waals surface area contributed by atoms with E-state index in [1.165, 1.54) is 6.33 Å². The van der Waals surface area contributed by atoms with Crippen molar-refractivity contribution in [3.8, 4) is 11.3 Å². The number of hydrogen-bond donors (Lipinski definition) is 0. The van der Waals surface area contributed by atoms with E-state index in [0.717, 1.165) is 5.56 Å². The van der Waals surface area contributed by atoms with Crippen molar-refractivity contribution < 1.29 is 0 Å². The van der Waals surface area contributed by atoms with E-state index in [0.29, 0.717) is 20.9 Å². The number of rotatable bonds is 1. The minimum absolute atomic E-state index is 0.371. The van der Waals surface area contributed by atoms with Crippen LogP contribution in [0.2, 0.25) is 15.2 Å².